The number of nitrogens with one attached hydrogen (secondary N) is 1. The summed E-state index contributed by atoms with van der Waals surface area (Å²) in [6.07, 6.45) is 7.30. The van der Waals surface area contributed by atoms with Crippen LogP contribution in [0.5, 0.6) is 0 Å². The fourth-order valence-electron chi connectivity index (χ4n) is 2.88. The summed E-state index contributed by atoms with van der Waals surface area (Å²) in [5.74, 6) is 0.113. The van der Waals surface area contributed by atoms with E-state index in [0.29, 0.717) is 30.0 Å². The second kappa shape index (κ2) is 6.50. The van der Waals surface area contributed by atoms with E-state index in [2.05, 4.69) is 15.6 Å². The van der Waals surface area contributed by atoms with Gasteiger partial charge in [-0.05, 0) is 18.8 Å². The number of halogens is 1. The summed E-state index contributed by atoms with van der Waals surface area (Å²) < 4.78 is 6.46. The molecule has 0 saturated heterocycles. The molecule has 1 fully saturated rings. The van der Waals surface area contributed by atoms with Crippen LogP contribution in [-0.4, -0.2) is 38.1 Å². The molecular weight excluding hydrogens is 308 g/mol. The van der Waals surface area contributed by atoms with Crippen molar-refractivity contribution in [2.75, 3.05) is 0 Å². The van der Waals surface area contributed by atoms with Gasteiger partial charge in [0.25, 0.3) is 0 Å². The van der Waals surface area contributed by atoms with Crippen LogP contribution in [0.25, 0.3) is 0 Å². The predicted molar refractivity (Wildman–Crippen MR) is 78.1 cm³/mol. The smallest absolute Gasteiger partial charge is 0.224 e. The molecule has 1 aliphatic rings. The highest BCUT2D eigenvalue weighted by molar-refractivity contribution is 6.30. The van der Waals surface area contributed by atoms with Crippen LogP contribution < -0.4 is 5.32 Å². The highest BCUT2D eigenvalue weighted by Gasteiger charge is 2.34. The molecule has 1 unspecified atom stereocenters. The summed E-state index contributed by atoms with van der Waals surface area (Å²) in [5, 5.41) is 21.3. The molecular formula is C14H17ClN4O3. The van der Waals surface area contributed by atoms with Gasteiger partial charge in [0.2, 0.25) is 5.91 Å². The molecule has 1 aliphatic carbocycles. The molecule has 8 heteroatoms. The zero-order valence-electron chi connectivity index (χ0n) is 11.9. The van der Waals surface area contributed by atoms with Crippen molar-refractivity contribution in [3.8, 4) is 0 Å². The topological polar surface area (TPSA) is 93.2 Å². The van der Waals surface area contributed by atoms with Gasteiger partial charge in [0.05, 0.1) is 36.0 Å². The molecule has 0 aromatic carbocycles. The van der Waals surface area contributed by atoms with Crippen molar-refractivity contribution in [1.82, 2.24) is 20.3 Å². The number of aromatic nitrogens is 3. The van der Waals surface area contributed by atoms with Gasteiger partial charge in [-0.3, -0.25) is 9.48 Å². The Hall–Kier alpha value is -1.86. The van der Waals surface area contributed by atoms with Gasteiger partial charge in [-0.25, -0.2) is 0 Å². The molecule has 3 atom stereocenters. The number of carbonyl (C=O) groups excluding carboxylic acids is 1. The van der Waals surface area contributed by atoms with Gasteiger partial charge in [0, 0.05) is 18.3 Å². The number of carbonyl (C=O) groups is 1. The molecule has 1 saturated carbocycles. The van der Waals surface area contributed by atoms with E-state index in [9.17, 15) is 9.90 Å². The summed E-state index contributed by atoms with van der Waals surface area (Å²) in [6.45, 7) is 0.682. The molecule has 118 valence electrons. The number of amides is 1. The Morgan fingerprint density at radius 1 is 1.50 bits per heavy atom. The maximum Gasteiger partial charge on any atom is 0.224 e. The Morgan fingerprint density at radius 3 is 3.05 bits per heavy atom. The Kier molecular flexibility index (Phi) is 4.44. The van der Waals surface area contributed by atoms with Gasteiger partial charge in [-0.15, -0.1) is 0 Å². The minimum atomic E-state index is -0.539. The molecule has 2 N–H and O–H groups in total. The van der Waals surface area contributed by atoms with E-state index in [1.807, 2.05) is 0 Å². The van der Waals surface area contributed by atoms with E-state index < -0.39 is 6.10 Å². The van der Waals surface area contributed by atoms with Crippen molar-refractivity contribution in [2.24, 2.45) is 5.92 Å². The van der Waals surface area contributed by atoms with Gasteiger partial charge in [-0.2, -0.15) is 5.10 Å². The SMILES string of the molecule is O=C(Cc1cnoc1)N[C@@H]1CC(Cn2cc(Cl)cn2)C[C@H]1O. The average Bonchev–Trinajstić information content (AvgIpc) is 3.15. The van der Waals surface area contributed by atoms with E-state index in [1.54, 1.807) is 17.1 Å². The Balaban J connectivity index is 1.51. The highest BCUT2D eigenvalue weighted by Crippen LogP contribution is 2.27. The predicted octanol–water partition coefficient (Wildman–Crippen LogP) is 1.02. The third-order valence-corrected chi connectivity index (χ3v) is 4.06. The highest BCUT2D eigenvalue weighted by atomic mass is 35.5. The Morgan fingerprint density at radius 2 is 2.36 bits per heavy atom. The fraction of sp³-hybridized carbons (Fsp3) is 0.500. The van der Waals surface area contributed by atoms with E-state index in [4.69, 9.17) is 16.1 Å². The Labute approximate surface area is 132 Å². The van der Waals surface area contributed by atoms with Crippen molar-refractivity contribution >= 4 is 17.5 Å². The number of hydrogen-bond acceptors (Lipinski definition) is 5. The molecule has 0 spiro atoms. The van der Waals surface area contributed by atoms with Crippen molar-refractivity contribution in [1.29, 1.82) is 0 Å². The molecule has 22 heavy (non-hydrogen) atoms. The van der Waals surface area contributed by atoms with Crippen LogP contribution >= 0.6 is 11.6 Å². The summed E-state index contributed by atoms with van der Waals surface area (Å²) in [5.41, 5.74) is 0.715. The molecule has 2 heterocycles. The minimum Gasteiger partial charge on any atom is -0.391 e. The number of hydrogen-bond donors (Lipinski definition) is 2. The van der Waals surface area contributed by atoms with Crippen LogP contribution in [0.15, 0.2) is 29.4 Å². The normalized spacial score (nSPS) is 24.5. The average molecular weight is 325 g/mol. The first kappa shape index (κ1) is 15.1. The van der Waals surface area contributed by atoms with Crippen LogP contribution in [-0.2, 0) is 17.8 Å². The lowest BCUT2D eigenvalue weighted by atomic mass is 10.1. The molecule has 1 amide bonds. The van der Waals surface area contributed by atoms with Crippen LogP contribution in [0.1, 0.15) is 18.4 Å². The number of aliphatic hydroxyl groups is 1. The maximum absolute atomic E-state index is 12.0. The third kappa shape index (κ3) is 3.66. The summed E-state index contributed by atoms with van der Waals surface area (Å²) in [6, 6.07) is -0.233. The summed E-state index contributed by atoms with van der Waals surface area (Å²) in [4.78, 5) is 12.0. The van der Waals surface area contributed by atoms with Crippen LogP contribution in [0.3, 0.4) is 0 Å². The molecule has 2 aromatic heterocycles. The monoisotopic (exact) mass is 324 g/mol. The largest absolute Gasteiger partial charge is 0.391 e. The third-order valence-electron chi connectivity index (χ3n) is 3.87. The van der Waals surface area contributed by atoms with Crippen LogP contribution in [0.4, 0.5) is 0 Å². The molecule has 0 aliphatic heterocycles. The number of aliphatic hydroxyl groups excluding tert-OH is 1. The van der Waals surface area contributed by atoms with E-state index in [-0.39, 0.29) is 24.3 Å². The van der Waals surface area contributed by atoms with Gasteiger partial charge in [-0.1, -0.05) is 16.8 Å². The minimum absolute atomic E-state index is 0.143. The standard InChI is InChI=1S/C14H17ClN4O3/c15-11-5-16-19(7-11)6-9-1-12(13(20)2-9)18-14(21)3-10-4-17-22-8-10/h4-5,7-9,12-13,20H,1-3,6H2,(H,18,21)/t9?,12-,13-/m1/s1. The van der Waals surface area contributed by atoms with Gasteiger partial charge >= 0.3 is 0 Å². The zero-order chi connectivity index (χ0) is 15.5. The fourth-order valence-corrected chi connectivity index (χ4v) is 3.04. The first-order chi connectivity index (χ1) is 10.6. The first-order valence-electron chi connectivity index (χ1n) is 7.14. The maximum atomic E-state index is 12.0. The summed E-state index contributed by atoms with van der Waals surface area (Å²) in [7, 11) is 0. The second-order valence-corrected chi connectivity index (χ2v) is 6.11. The molecule has 7 nitrogen and oxygen atoms in total. The molecule has 2 aromatic rings. The van der Waals surface area contributed by atoms with Crippen LogP contribution in [0.2, 0.25) is 5.02 Å². The molecule has 3 rings (SSSR count). The molecule has 0 radical (unpaired) electrons. The van der Waals surface area contributed by atoms with E-state index in [1.165, 1.54) is 12.5 Å². The zero-order valence-corrected chi connectivity index (χ0v) is 12.6. The van der Waals surface area contributed by atoms with Crippen molar-refractivity contribution in [3.05, 3.63) is 35.4 Å². The van der Waals surface area contributed by atoms with Gasteiger partial charge in [0.1, 0.15) is 6.26 Å². The number of rotatable bonds is 5. The van der Waals surface area contributed by atoms with E-state index in [0.717, 1.165) is 0 Å². The van der Waals surface area contributed by atoms with Crippen molar-refractivity contribution in [2.45, 2.75) is 38.0 Å². The van der Waals surface area contributed by atoms with E-state index >= 15 is 0 Å². The quantitative estimate of drug-likeness (QED) is 0.856. The number of nitrogens with zero attached hydrogens (tertiary/aromatic N) is 3. The van der Waals surface area contributed by atoms with Crippen molar-refractivity contribution < 1.29 is 14.4 Å². The second-order valence-electron chi connectivity index (χ2n) is 5.67. The van der Waals surface area contributed by atoms with Gasteiger partial charge < -0.3 is 14.9 Å². The lowest BCUT2D eigenvalue weighted by Crippen LogP contribution is -2.40. The lowest BCUT2D eigenvalue weighted by Gasteiger charge is -2.16. The van der Waals surface area contributed by atoms with Gasteiger partial charge in [0.15, 0.2) is 0 Å². The lowest BCUT2D eigenvalue weighted by molar-refractivity contribution is -0.121. The first-order valence-corrected chi connectivity index (χ1v) is 7.51. The van der Waals surface area contributed by atoms with Crippen molar-refractivity contribution in [3.63, 3.8) is 0 Å². The Bertz CT molecular complexity index is 628. The molecule has 0 bridgehead atoms. The van der Waals surface area contributed by atoms with Crippen LogP contribution in [0, 0.1) is 5.92 Å². The summed E-state index contributed by atoms with van der Waals surface area (Å²) >= 11 is 5.84.